The van der Waals surface area contributed by atoms with Crippen molar-refractivity contribution in [3.8, 4) is 17.0 Å². The standard InChI is InChI=1S/C24H22F3N3O4S/c1-15-23-18(11-21(28-15)17-4-3-5-19(10-17)29-35(2,32)33)13-30(22(23)14-31)12-16-6-8-20(9-7-16)34-24(25,26)27/h3-11,14,22,29H,12-13H2,1-2H3. The number of benzene rings is 2. The number of pyridine rings is 1. The number of carbonyl (C=O) groups excluding carboxylic acids is 1. The molecule has 7 nitrogen and oxygen atoms in total. The molecule has 1 unspecified atom stereocenters. The van der Waals surface area contributed by atoms with Gasteiger partial charge in [-0.25, -0.2) is 8.42 Å². The maximum absolute atomic E-state index is 12.4. The summed E-state index contributed by atoms with van der Waals surface area (Å²) >= 11 is 0. The predicted molar refractivity (Wildman–Crippen MR) is 124 cm³/mol. The van der Waals surface area contributed by atoms with E-state index in [9.17, 15) is 26.4 Å². The Kier molecular flexibility index (Phi) is 6.56. The quantitative estimate of drug-likeness (QED) is 0.473. The number of aldehydes is 1. The second-order valence-electron chi connectivity index (χ2n) is 8.30. The summed E-state index contributed by atoms with van der Waals surface area (Å²) in [5, 5.41) is 0. The molecule has 3 aromatic rings. The van der Waals surface area contributed by atoms with Crippen LogP contribution in [0.3, 0.4) is 0 Å². The minimum absolute atomic E-state index is 0.310. The van der Waals surface area contributed by atoms with Crippen LogP contribution in [0.4, 0.5) is 18.9 Å². The highest BCUT2D eigenvalue weighted by atomic mass is 32.2. The van der Waals surface area contributed by atoms with E-state index in [2.05, 4.69) is 14.4 Å². The number of sulfonamides is 1. The van der Waals surface area contributed by atoms with Crippen LogP contribution >= 0.6 is 0 Å². The summed E-state index contributed by atoms with van der Waals surface area (Å²) in [6.45, 7) is 2.59. The zero-order valence-corrected chi connectivity index (χ0v) is 19.7. The third-order valence-corrected chi connectivity index (χ3v) is 6.14. The van der Waals surface area contributed by atoms with Crippen LogP contribution in [0.2, 0.25) is 0 Å². The molecule has 1 N–H and O–H groups in total. The monoisotopic (exact) mass is 505 g/mol. The van der Waals surface area contributed by atoms with Crippen molar-refractivity contribution in [1.82, 2.24) is 9.88 Å². The van der Waals surface area contributed by atoms with Gasteiger partial charge in [0.2, 0.25) is 10.0 Å². The summed E-state index contributed by atoms with van der Waals surface area (Å²) in [5.74, 6) is -0.310. The first kappa shape index (κ1) is 24.7. The van der Waals surface area contributed by atoms with Gasteiger partial charge in [0.15, 0.2) is 0 Å². The Bertz CT molecular complexity index is 1360. The smallest absolute Gasteiger partial charge is 0.406 e. The number of aromatic nitrogens is 1. The number of ether oxygens (including phenoxy) is 1. The van der Waals surface area contributed by atoms with Crippen molar-refractivity contribution in [3.63, 3.8) is 0 Å². The third kappa shape index (κ3) is 5.98. The average molecular weight is 506 g/mol. The van der Waals surface area contributed by atoms with Crippen LogP contribution in [-0.2, 0) is 27.9 Å². The largest absolute Gasteiger partial charge is 0.573 e. The van der Waals surface area contributed by atoms with Crippen LogP contribution < -0.4 is 9.46 Å². The fourth-order valence-corrected chi connectivity index (χ4v) is 4.78. The van der Waals surface area contributed by atoms with E-state index in [4.69, 9.17) is 0 Å². The molecule has 11 heteroatoms. The molecule has 4 rings (SSSR count). The molecule has 1 aliphatic heterocycles. The van der Waals surface area contributed by atoms with E-state index in [0.29, 0.717) is 35.7 Å². The SMILES string of the molecule is Cc1nc(-c2cccc(NS(C)(=O)=O)c2)cc2c1C(C=O)N(Cc1ccc(OC(F)(F)F)cc1)C2. The number of anilines is 1. The molecular weight excluding hydrogens is 483 g/mol. The zero-order chi connectivity index (χ0) is 25.4. The summed E-state index contributed by atoms with van der Waals surface area (Å²) in [6.07, 6.45) is -2.86. The first-order chi connectivity index (χ1) is 16.4. The number of carbonyl (C=O) groups is 1. The minimum atomic E-state index is -4.76. The van der Waals surface area contributed by atoms with Gasteiger partial charge in [0.25, 0.3) is 0 Å². The lowest BCUT2D eigenvalue weighted by atomic mass is 10.0. The summed E-state index contributed by atoms with van der Waals surface area (Å²) in [6, 6.07) is 13.7. The Morgan fingerprint density at radius 1 is 1.17 bits per heavy atom. The first-order valence-electron chi connectivity index (χ1n) is 10.5. The number of alkyl halides is 3. The number of halogens is 3. The molecule has 0 radical (unpaired) electrons. The van der Waals surface area contributed by atoms with E-state index in [1.807, 2.05) is 24.0 Å². The van der Waals surface area contributed by atoms with Gasteiger partial charge in [-0.15, -0.1) is 13.2 Å². The zero-order valence-electron chi connectivity index (χ0n) is 18.8. The molecule has 1 atom stereocenters. The van der Waals surface area contributed by atoms with Gasteiger partial charge >= 0.3 is 6.36 Å². The fraction of sp³-hybridized carbons (Fsp3) is 0.250. The van der Waals surface area contributed by atoms with Crippen molar-refractivity contribution in [1.29, 1.82) is 0 Å². The van der Waals surface area contributed by atoms with Crippen molar-refractivity contribution in [2.75, 3.05) is 11.0 Å². The van der Waals surface area contributed by atoms with E-state index in [1.165, 1.54) is 24.3 Å². The summed E-state index contributed by atoms with van der Waals surface area (Å²) in [5.41, 5.74) is 4.87. The van der Waals surface area contributed by atoms with E-state index in [0.717, 1.165) is 29.2 Å². The molecule has 0 amide bonds. The van der Waals surface area contributed by atoms with E-state index in [1.54, 1.807) is 18.2 Å². The molecule has 2 aromatic carbocycles. The van der Waals surface area contributed by atoms with Gasteiger partial charge in [0.1, 0.15) is 12.0 Å². The van der Waals surface area contributed by atoms with Gasteiger partial charge in [0.05, 0.1) is 18.0 Å². The average Bonchev–Trinajstić information content (AvgIpc) is 3.10. The molecule has 0 spiro atoms. The second-order valence-corrected chi connectivity index (χ2v) is 10.0. The van der Waals surface area contributed by atoms with Gasteiger partial charge in [-0.3, -0.25) is 14.6 Å². The van der Waals surface area contributed by atoms with Crippen LogP contribution in [0.25, 0.3) is 11.3 Å². The van der Waals surface area contributed by atoms with Crippen LogP contribution in [0.15, 0.2) is 54.6 Å². The topological polar surface area (TPSA) is 88.6 Å². The number of fused-ring (bicyclic) bond motifs is 1. The molecule has 0 fully saturated rings. The molecular formula is C24H22F3N3O4S. The predicted octanol–water partition coefficient (Wildman–Crippen LogP) is 4.58. The van der Waals surface area contributed by atoms with Crippen molar-refractivity contribution < 1.29 is 31.1 Å². The van der Waals surface area contributed by atoms with Gasteiger partial charge in [-0.2, -0.15) is 0 Å². The molecule has 0 aliphatic carbocycles. The Hall–Kier alpha value is -3.44. The number of nitrogens with zero attached hydrogens (tertiary/aromatic N) is 2. The van der Waals surface area contributed by atoms with Crippen LogP contribution in [-0.4, -0.2) is 37.2 Å². The van der Waals surface area contributed by atoms with Crippen molar-refractivity contribution in [2.24, 2.45) is 0 Å². The fourth-order valence-electron chi connectivity index (χ4n) is 4.23. The number of hydrogen-bond donors (Lipinski definition) is 1. The molecule has 0 saturated carbocycles. The molecule has 2 heterocycles. The van der Waals surface area contributed by atoms with E-state index in [-0.39, 0.29) is 5.75 Å². The summed E-state index contributed by atoms with van der Waals surface area (Å²) in [7, 11) is -3.43. The molecule has 184 valence electrons. The normalized spacial score (nSPS) is 16.1. The highest BCUT2D eigenvalue weighted by molar-refractivity contribution is 7.92. The number of hydrogen-bond acceptors (Lipinski definition) is 6. The molecule has 35 heavy (non-hydrogen) atoms. The Labute approximate surface area is 200 Å². The molecule has 1 aliphatic rings. The number of aryl methyl sites for hydroxylation is 1. The summed E-state index contributed by atoms with van der Waals surface area (Å²) < 4.78 is 66.7. The maximum Gasteiger partial charge on any atom is 0.573 e. The Balaban J connectivity index is 1.58. The summed E-state index contributed by atoms with van der Waals surface area (Å²) in [4.78, 5) is 18.6. The molecule has 0 saturated heterocycles. The van der Waals surface area contributed by atoms with Crippen molar-refractivity contribution >= 4 is 22.0 Å². The van der Waals surface area contributed by atoms with Gasteiger partial charge in [-0.1, -0.05) is 24.3 Å². The Morgan fingerprint density at radius 2 is 1.89 bits per heavy atom. The lowest BCUT2D eigenvalue weighted by Gasteiger charge is -2.21. The van der Waals surface area contributed by atoms with Crippen molar-refractivity contribution in [3.05, 3.63) is 77.0 Å². The van der Waals surface area contributed by atoms with E-state index >= 15 is 0 Å². The highest BCUT2D eigenvalue weighted by Crippen LogP contribution is 2.37. The minimum Gasteiger partial charge on any atom is -0.406 e. The lowest BCUT2D eigenvalue weighted by molar-refractivity contribution is -0.274. The van der Waals surface area contributed by atoms with E-state index < -0.39 is 22.4 Å². The maximum atomic E-state index is 12.4. The Morgan fingerprint density at radius 3 is 2.51 bits per heavy atom. The highest BCUT2D eigenvalue weighted by Gasteiger charge is 2.33. The van der Waals surface area contributed by atoms with Crippen LogP contribution in [0.1, 0.15) is 28.4 Å². The second kappa shape index (κ2) is 9.31. The van der Waals surface area contributed by atoms with Gasteiger partial charge in [-0.05, 0) is 48.4 Å². The third-order valence-electron chi connectivity index (χ3n) is 5.53. The molecule has 0 bridgehead atoms. The molecule has 1 aromatic heterocycles. The van der Waals surface area contributed by atoms with Gasteiger partial charge < -0.3 is 9.53 Å². The lowest BCUT2D eigenvalue weighted by Crippen LogP contribution is -2.23. The number of rotatable bonds is 7. The van der Waals surface area contributed by atoms with Crippen LogP contribution in [0, 0.1) is 6.92 Å². The van der Waals surface area contributed by atoms with Crippen LogP contribution in [0.5, 0.6) is 5.75 Å². The first-order valence-corrected chi connectivity index (χ1v) is 12.4. The number of nitrogens with one attached hydrogen (secondary N) is 1. The van der Waals surface area contributed by atoms with Crippen molar-refractivity contribution in [2.45, 2.75) is 32.4 Å². The van der Waals surface area contributed by atoms with Gasteiger partial charge in [0, 0.05) is 35.6 Å².